The monoisotopic (exact) mass is 345 g/mol. The molecule has 2 rings (SSSR count). The maximum atomic E-state index is 6.09. The average molecular weight is 347 g/mol. The topological polar surface area (TPSA) is 22.1 Å². The number of hydrogen-bond acceptors (Lipinski definition) is 2. The van der Waals surface area contributed by atoms with Crippen LogP contribution in [0.25, 0.3) is 0 Å². The molecule has 0 saturated heterocycles. The first-order valence-corrected chi connectivity index (χ1v) is 6.95. The number of hydrogen-bond donors (Lipinski definition) is 0. The maximum absolute atomic E-state index is 6.09. The summed E-state index contributed by atoms with van der Waals surface area (Å²) in [5.74, 6) is 1.48. The van der Waals surface area contributed by atoms with Gasteiger partial charge in [0.15, 0.2) is 0 Å². The fourth-order valence-corrected chi connectivity index (χ4v) is 2.11. The highest BCUT2D eigenvalue weighted by molar-refractivity contribution is 9.10. The largest absolute Gasteiger partial charge is 0.437 e. The smallest absolute Gasteiger partial charge is 0.238 e. The van der Waals surface area contributed by atoms with E-state index in [0.717, 1.165) is 21.3 Å². The van der Waals surface area contributed by atoms with E-state index in [1.165, 1.54) is 0 Å². The van der Waals surface area contributed by atoms with E-state index in [9.17, 15) is 0 Å². The summed E-state index contributed by atoms with van der Waals surface area (Å²) in [6.45, 7) is 1.96. The summed E-state index contributed by atoms with van der Waals surface area (Å²) in [6, 6.07) is 7.54. The molecule has 94 valence electrons. The quantitative estimate of drug-likeness (QED) is 0.700. The van der Waals surface area contributed by atoms with Crippen LogP contribution in [0, 0.1) is 6.92 Å². The van der Waals surface area contributed by atoms with Crippen LogP contribution in [0.3, 0.4) is 0 Å². The third kappa shape index (κ3) is 3.16. The molecular weight excluding hydrogens is 337 g/mol. The number of pyridine rings is 1. The summed E-state index contributed by atoms with van der Waals surface area (Å²) >= 11 is 15.2. The van der Waals surface area contributed by atoms with Crippen LogP contribution in [-0.4, -0.2) is 4.98 Å². The van der Waals surface area contributed by atoms with Gasteiger partial charge in [-0.15, -0.1) is 11.6 Å². The minimum Gasteiger partial charge on any atom is -0.437 e. The maximum Gasteiger partial charge on any atom is 0.238 e. The molecule has 0 N–H and O–H groups in total. The fourth-order valence-electron chi connectivity index (χ4n) is 1.40. The van der Waals surface area contributed by atoms with Gasteiger partial charge in [-0.3, -0.25) is 0 Å². The van der Waals surface area contributed by atoms with Crippen molar-refractivity contribution in [2.45, 2.75) is 12.8 Å². The summed E-state index contributed by atoms with van der Waals surface area (Å²) in [7, 11) is 0. The van der Waals surface area contributed by atoms with Crippen molar-refractivity contribution in [1.82, 2.24) is 4.98 Å². The second-order valence-corrected chi connectivity index (χ2v) is 5.37. The molecule has 5 heteroatoms. The number of nitrogens with zero attached hydrogens (tertiary/aromatic N) is 1. The number of ether oxygens (including phenoxy) is 1. The van der Waals surface area contributed by atoms with Gasteiger partial charge in [-0.1, -0.05) is 33.6 Å². The van der Waals surface area contributed by atoms with Crippen molar-refractivity contribution in [3.8, 4) is 11.6 Å². The summed E-state index contributed by atoms with van der Waals surface area (Å²) in [6.07, 6.45) is 1.65. The van der Waals surface area contributed by atoms with Crippen molar-refractivity contribution in [2.24, 2.45) is 0 Å². The molecule has 0 saturated carbocycles. The second kappa shape index (κ2) is 5.91. The molecule has 0 aliphatic rings. The molecule has 0 unspecified atom stereocenters. The number of alkyl halides is 1. The standard InChI is InChI=1S/C13H10BrCl2NO/c1-8-2-3-10(14)5-12(8)18-13-11(16)4-9(6-15)7-17-13/h2-5,7H,6H2,1H3. The van der Waals surface area contributed by atoms with Gasteiger partial charge in [0, 0.05) is 16.5 Å². The molecule has 0 radical (unpaired) electrons. The molecule has 1 heterocycles. The highest BCUT2D eigenvalue weighted by atomic mass is 79.9. The number of benzene rings is 1. The van der Waals surface area contributed by atoms with E-state index in [4.69, 9.17) is 27.9 Å². The molecule has 2 aromatic rings. The summed E-state index contributed by atoms with van der Waals surface area (Å²) in [5, 5.41) is 0.451. The number of halogens is 3. The third-order valence-electron chi connectivity index (χ3n) is 2.38. The molecule has 0 atom stereocenters. The van der Waals surface area contributed by atoms with Crippen molar-refractivity contribution in [3.05, 3.63) is 51.1 Å². The predicted molar refractivity (Wildman–Crippen MR) is 77.8 cm³/mol. The van der Waals surface area contributed by atoms with Crippen LogP contribution in [-0.2, 0) is 5.88 Å². The lowest BCUT2D eigenvalue weighted by molar-refractivity contribution is 0.459. The van der Waals surface area contributed by atoms with Gasteiger partial charge in [0.25, 0.3) is 0 Å². The van der Waals surface area contributed by atoms with Gasteiger partial charge < -0.3 is 4.74 Å². The molecule has 0 fully saturated rings. The van der Waals surface area contributed by atoms with E-state index < -0.39 is 0 Å². The zero-order chi connectivity index (χ0) is 13.1. The molecule has 0 aliphatic carbocycles. The number of aryl methyl sites for hydroxylation is 1. The molecule has 0 aliphatic heterocycles. The normalized spacial score (nSPS) is 10.4. The van der Waals surface area contributed by atoms with Crippen molar-refractivity contribution >= 4 is 39.1 Å². The Morgan fingerprint density at radius 2 is 2.11 bits per heavy atom. The molecule has 0 amide bonds. The average Bonchev–Trinajstić information content (AvgIpc) is 2.36. The van der Waals surface area contributed by atoms with Crippen LogP contribution in [0.5, 0.6) is 11.6 Å². The van der Waals surface area contributed by atoms with E-state index in [-0.39, 0.29) is 0 Å². The summed E-state index contributed by atoms with van der Waals surface area (Å²) < 4.78 is 6.65. The Bertz CT molecular complexity index is 575. The van der Waals surface area contributed by atoms with E-state index in [1.54, 1.807) is 12.3 Å². The lowest BCUT2D eigenvalue weighted by atomic mass is 10.2. The first-order valence-electron chi connectivity index (χ1n) is 5.24. The summed E-state index contributed by atoms with van der Waals surface area (Å²) in [5.41, 5.74) is 1.87. The number of aromatic nitrogens is 1. The molecule has 18 heavy (non-hydrogen) atoms. The van der Waals surface area contributed by atoms with Gasteiger partial charge in [-0.25, -0.2) is 4.98 Å². The van der Waals surface area contributed by atoms with Gasteiger partial charge >= 0.3 is 0 Å². The molecule has 1 aromatic heterocycles. The van der Waals surface area contributed by atoms with Gasteiger partial charge in [-0.05, 0) is 36.2 Å². The number of rotatable bonds is 3. The van der Waals surface area contributed by atoms with Crippen molar-refractivity contribution in [2.75, 3.05) is 0 Å². The fraction of sp³-hybridized carbons (Fsp3) is 0.154. The van der Waals surface area contributed by atoms with Crippen LogP contribution < -0.4 is 4.74 Å². The van der Waals surface area contributed by atoms with E-state index in [2.05, 4.69) is 20.9 Å². The Labute approximate surface area is 124 Å². The predicted octanol–water partition coefficient (Wildman–Crippen LogP) is 5.34. The highest BCUT2D eigenvalue weighted by Crippen LogP contribution is 2.31. The zero-order valence-corrected chi connectivity index (χ0v) is 12.7. The molecular formula is C13H10BrCl2NO. The van der Waals surface area contributed by atoms with E-state index in [1.807, 2.05) is 25.1 Å². The Morgan fingerprint density at radius 1 is 1.33 bits per heavy atom. The SMILES string of the molecule is Cc1ccc(Br)cc1Oc1ncc(CCl)cc1Cl. The molecule has 2 nitrogen and oxygen atoms in total. The molecule has 0 spiro atoms. The Hall–Kier alpha value is -0.770. The Kier molecular flexibility index (Phi) is 4.49. The van der Waals surface area contributed by atoms with Crippen LogP contribution in [0.1, 0.15) is 11.1 Å². The highest BCUT2D eigenvalue weighted by Gasteiger charge is 2.08. The van der Waals surface area contributed by atoms with Crippen LogP contribution in [0.15, 0.2) is 34.9 Å². The minimum atomic E-state index is 0.378. The molecule has 0 bridgehead atoms. The first-order chi connectivity index (χ1) is 8.60. The van der Waals surface area contributed by atoms with Crippen LogP contribution in [0.4, 0.5) is 0 Å². The zero-order valence-electron chi connectivity index (χ0n) is 9.58. The van der Waals surface area contributed by atoms with Gasteiger partial charge in [0.05, 0.1) is 0 Å². The van der Waals surface area contributed by atoms with Gasteiger partial charge in [-0.2, -0.15) is 0 Å². The Morgan fingerprint density at radius 3 is 2.78 bits per heavy atom. The summed E-state index contributed by atoms with van der Waals surface area (Å²) in [4.78, 5) is 4.16. The van der Waals surface area contributed by atoms with Gasteiger partial charge in [0.2, 0.25) is 5.88 Å². The Balaban J connectivity index is 2.31. The van der Waals surface area contributed by atoms with Crippen LogP contribution >= 0.6 is 39.1 Å². The third-order valence-corrected chi connectivity index (χ3v) is 3.45. The lowest BCUT2D eigenvalue weighted by Crippen LogP contribution is -1.92. The second-order valence-electron chi connectivity index (χ2n) is 3.78. The van der Waals surface area contributed by atoms with E-state index >= 15 is 0 Å². The van der Waals surface area contributed by atoms with Crippen molar-refractivity contribution in [3.63, 3.8) is 0 Å². The minimum absolute atomic E-state index is 0.378. The van der Waals surface area contributed by atoms with Crippen molar-refractivity contribution < 1.29 is 4.74 Å². The van der Waals surface area contributed by atoms with Crippen LogP contribution in [0.2, 0.25) is 5.02 Å². The molecule has 1 aromatic carbocycles. The van der Waals surface area contributed by atoms with Crippen molar-refractivity contribution in [1.29, 1.82) is 0 Å². The van der Waals surface area contributed by atoms with E-state index in [0.29, 0.717) is 16.8 Å². The van der Waals surface area contributed by atoms with Gasteiger partial charge in [0.1, 0.15) is 10.8 Å². The first kappa shape index (κ1) is 13.7. The lowest BCUT2D eigenvalue weighted by Gasteiger charge is -2.10.